The average molecular weight is 389 g/mol. The Hall–Kier alpha value is -0.880. The summed E-state index contributed by atoms with van der Waals surface area (Å²) < 4.78 is 2.06. The number of hydrogen-bond acceptors (Lipinski definition) is 2. The van der Waals surface area contributed by atoms with E-state index >= 15 is 0 Å². The second kappa shape index (κ2) is 5.63. The van der Waals surface area contributed by atoms with Crippen molar-refractivity contribution in [1.82, 2.24) is 9.55 Å². The minimum absolute atomic E-state index is 0.0972. The molecule has 0 bridgehead atoms. The number of aryl methyl sites for hydroxylation is 3. The van der Waals surface area contributed by atoms with E-state index < -0.39 is 0 Å². The molecule has 100 valence electrons. The van der Waals surface area contributed by atoms with E-state index in [1.165, 1.54) is 23.0 Å². The Morgan fingerprint density at radius 1 is 1.26 bits per heavy atom. The lowest BCUT2D eigenvalue weighted by atomic mass is 10.00. The second-order valence-corrected chi connectivity index (χ2v) is 6.10. The van der Waals surface area contributed by atoms with Gasteiger partial charge in [-0.3, -0.25) is 9.36 Å². The highest BCUT2D eigenvalue weighted by molar-refractivity contribution is 14.1. The Morgan fingerprint density at radius 3 is 2.42 bits per heavy atom. The maximum absolute atomic E-state index is 12.1. The summed E-state index contributed by atoms with van der Waals surface area (Å²) in [5.74, 6) is 0. The molecule has 0 aliphatic rings. The molecule has 1 aromatic carbocycles. The van der Waals surface area contributed by atoms with Gasteiger partial charge in [0, 0.05) is 0 Å². The maximum atomic E-state index is 12.1. The highest BCUT2D eigenvalue weighted by atomic mass is 127. The quantitative estimate of drug-likeness (QED) is 0.583. The molecule has 1 heterocycles. The number of benzene rings is 1. The molecule has 2 aromatic rings. The molecule has 0 atom stereocenters. The molecule has 2 rings (SSSR count). The minimum Gasteiger partial charge on any atom is -0.294 e. The molecule has 3 nitrogen and oxygen atoms in total. The highest BCUT2D eigenvalue weighted by Gasteiger charge is 2.10. The molecule has 0 fully saturated rings. The predicted octanol–water partition coefficient (Wildman–Crippen LogP) is 3.47. The van der Waals surface area contributed by atoms with Gasteiger partial charge < -0.3 is 0 Å². The fourth-order valence-electron chi connectivity index (χ4n) is 2.19. The van der Waals surface area contributed by atoms with E-state index in [1.54, 1.807) is 4.57 Å². The van der Waals surface area contributed by atoms with Crippen molar-refractivity contribution in [3.05, 3.63) is 59.8 Å². The molecule has 0 saturated carbocycles. The summed E-state index contributed by atoms with van der Waals surface area (Å²) >= 11 is 7.77. The Bertz CT molecular complexity index is 671. The van der Waals surface area contributed by atoms with Gasteiger partial charge in [-0.05, 0) is 60.1 Å². The van der Waals surface area contributed by atoms with Crippen LogP contribution in [0.1, 0.15) is 22.3 Å². The van der Waals surface area contributed by atoms with Gasteiger partial charge in [-0.25, -0.2) is 4.98 Å². The second-order valence-electron chi connectivity index (χ2n) is 4.66. The summed E-state index contributed by atoms with van der Waals surface area (Å²) in [6.07, 6.45) is 1.51. The smallest absolute Gasteiger partial charge is 0.268 e. The summed E-state index contributed by atoms with van der Waals surface area (Å²) in [5.41, 5.74) is 4.67. The summed E-state index contributed by atoms with van der Waals surface area (Å²) in [6, 6.07) is 4.25. The van der Waals surface area contributed by atoms with E-state index in [4.69, 9.17) is 11.6 Å². The molecule has 0 unspecified atom stereocenters. The standard InChI is InChI=1S/C14H14ClIN2O/c1-8-4-9(2)11(10(3)5-8)6-18-7-17-13(15)12(16)14(18)19/h4-5,7H,6H2,1-3H3. The van der Waals surface area contributed by atoms with Crippen LogP contribution in [-0.4, -0.2) is 9.55 Å². The van der Waals surface area contributed by atoms with Crippen LogP contribution in [0.5, 0.6) is 0 Å². The Kier molecular flexibility index (Phi) is 4.30. The molecule has 19 heavy (non-hydrogen) atoms. The zero-order valence-corrected chi connectivity index (χ0v) is 13.9. The van der Waals surface area contributed by atoms with Gasteiger partial charge in [0.2, 0.25) is 0 Å². The van der Waals surface area contributed by atoms with Crippen LogP contribution in [-0.2, 0) is 6.54 Å². The van der Waals surface area contributed by atoms with Crippen molar-refractivity contribution in [2.45, 2.75) is 27.3 Å². The SMILES string of the molecule is Cc1cc(C)c(Cn2cnc(Cl)c(I)c2=O)c(C)c1. The third-order valence-electron chi connectivity index (χ3n) is 3.11. The van der Waals surface area contributed by atoms with E-state index in [0.717, 1.165) is 5.56 Å². The number of halogens is 2. The van der Waals surface area contributed by atoms with E-state index in [0.29, 0.717) is 10.1 Å². The van der Waals surface area contributed by atoms with E-state index in [9.17, 15) is 4.79 Å². The van der Waals surface area contributed by atoms with Gasteiger partial charge in [0.1, 0.15) is 8.72 Å². The van der Waals surface area contributed by atoms with Gasteiger partial charge in [-0.15, -0.1) is 0 Å². The van der Waals surface area contributed by atoms with Crippen molar-refractivity contribution in [3.8, 4) is 0 Å². The topological polar surface area (TPSA) is 34.9 Å². The molecule has 0 aliphatic carbocycles. The van der Waals surface area contributed by atoms with Crippen molar-refractivity contribution >= 4 is 34.2 Å². The molecule has 0 radical (unpaired) electrons. The van der Waals surface area contributed by atoms with Crippen LogP contribution in [0, 0.1) is 24.3 Å². The minimum atomic E-state index is -0.0972. The number of aromatic nitrogens is 2. The van der Waals surface area contributed by atoms with Gasteiger partial charge >= 0.3 is 0 Å². The highest BCUT2D eigenvalue weighted by Crippen LogP contribution is 2.17. The van der Waals surface area contributed by atoms with Crippen LogP contribution in [0.25, 0.3) is 0 Å². The summed E-state index contributed by atoms with van der Waals surface area (Å²) in [7, 11) is 0. The largest absolute Gasteiger partial charge is 0.294 e. The normalized spacial score (nSPS) is 10.8. The van der Waals surface area contributed by atoms with Gasteiger partial charge in [-0.1, -0.05) is 29.3 Å². The van der Waals surface area contributed by atoms with Gasteiger partial charge in [0.05, 0.1) is 12.9 Å². The average Bonchev–Trinajstić information content (AvgIpc) is 2.33. The van der Waals surface area contributed by atoms with Crippen molar-refractivity contribution in [2.24, 2.45) is 0 Å². The van der Waals surface area contributed by atoms with E-state index in [1.807, 2.05) is 22.6 Å². The summed E-state index contributed by atoms with van der Waals surface area (Å²) in [6.45, 7) is 6.73. The van der Waals surface area contributed by atoms with Crippen LogP contribution in [0.3, 0.4) is 0 Å². The molecular formula is C14H14ClIN2O. The third-order valence-corrected chi connectivity index (χ3v) is 4.69. The van der Waals surface area contributed by atoms with E-state index in [-0.39, 0.29) is 10.7 Å². The first-order valence-electron chi connectivity index (χ1n) is 5.87. The summed E-state index contributed by atoms with van der Waals surface area (Å²) in [5, 5.41) is 0.263. The summed E-state index contributed by atoms with van der Waals surface area (Å²) in [4.78, 5) is 16.1. The van der Waals surface area contributed by atoms with Crippen LogP contribution >= 0.6 is 34.2 Å². The first-order chi connectivity index (χ1) is 8.90. The first kappa shape index (κ1) is 14.5. The Labute approximate surface area is 130 Å². The van der Waals surface area contributed by atoms with Crippen molar-refractivity contribution < 1.29 is 0 Å². The zero-order valence-electron chi connectivity index (χ0n) is 11.0. The molecule has 0 saturated heterocycles. The van der Waals surface area contributed by atoms with Crippen molar-refractivity contribution in [3.63, 3.8) is 0 Å². The number of hydrogen-bond donors (Lipinski definition) is 0. The van der Waals surface area contributed by atoms with Gasteiger partial charge in [0.25, 0.3) is 5.56 Å². The molecule has 0 N–H and O–H groups in total. The Morgan fingerprint density at radius 2 is 1.84 bits per heavy atom. The molecule has 0 spiro atoms. The maximum Gasteiger partial charge on any atom is 0.268 e. The fraction of sp³-hybridized carbons (Fsp3) is 0.286. The Balaban J connectivity index is 2.48. The number of nitrogens with zero attached hydrogens (tertiary/aromatic N) is 2. The molecule has 1 aromatic heterocycles. The number of rotatable bonds is 2. The molecule has 0 amide bonds. The van der Waals surface area contributed by atoms with E-state index in [2.05, 4.69) is 37.9 Å². The monoisotopic (exact) mass is 388 g/mol. The van der Waals surface area contributed by atoms with Crippen LogP contribution in [0.4, 0.5) is 0 Å². The zero-order chi connectivity index (χ0) is 14.2. The van der Waals surface area contributed by atoms with Gasteiger partial charge in [-0.2, -0.15) is 0 Å². The molecular weight excluding hydrogens is 375 g/mol. The molecule has 0 aliphatic heterocycles. The lowest BCUT2D eigenvalue weighted by Gasteiger charge is -2.13. The fourth-order valence-corrected chi connectivity index (χ4v) is 2.76. The van der Waals surface area contributed by atoms with Crippen LogP contribution in [0.2, 0.25) is 5.15 Å². The predicted molar refractivity (Wildman–Crippen MR) is 86.0 cm³/mol. The van der Waals surface area contributed by atoms with Crippen LogP contribution in [0.15, 0.2) is 23.3 Å². The van der Waals surface area contributed by atoms with Crippen molar-refractivity contribution in [2.75, 3.05) is 0 Å². The third kappa shape index (κ3) is 3.00. The first-order valence-corrected chi connectivity index (χ1v) is 7.33. The van der Waals surface area contributed by atoms with Crippen molar-refractivity contribution in [1.29, 1.82) is 0 Å². The van der Waals surface area contributed by atoms with Crippen LogP contribution < -0.4 is 5.56 Å². The molecule has 5 heteroatoms. The lowest BCUT2D eigenvalue weighted by molar-refractivity contribution is 0.723. The van der Waals surface area contributed by atoms with Gasteiger partial charge in [0.15, 0.2) is 0 Å². The lowest BCUT2D eigenvalue weighted by Crippen LogP contribution is -2.24.